The Morgan fingerprint density at radius 3 is 2.75 bits per heavy atom. The highest BCUT2D eigenvalue weighted by molar-refractivity contribution is 5.66. The van der Waals surface area contributed by atoms with Gasteiger partial charge in [-0.15, -0.1) is 0 Å². The molecular weight excluding hydrogens is 194 g/mol. The first-order valence-corrected chi connectivity index (χ1v) is 5.81. The van der Waals surface area contributed by atoms with Gasteiger partial charge < -0.3 is 4.90 Å². The smallest absolute Gasteiger partial charge is 0.0402 e. The molecule has 1 nitrogen and oxygen atoms in total. The van der Waals surface area contributed by atoms with Gasteiger partial charge in [0, 0.05) is 24.7 Å². The Labute approximate surface area is 98.1 Å². The van der Waals surface area contributed by atoms with E-state index in [1.165, 1.54) is 16.8 Å². The summed E-state index contributed by atoms with van der Waals surface area (Å²) in [5, 5.41) is 0. The Hall–Kier alpha value is -1.50. The summed E-state index contributed by atoms with van der Waals surface area (Å²) in [5.41, 5.74) is 4.09. The van der Waals surface area contributed by atoms with Crippen LogP contribution in [0.2, 0.25) is 0 Å². The molecule has 0 radical (unpaired) electrons. The van der Waals surface area contributed by atoms with Gasteiger partial charge in [0.05, 0.1) is 0 Å². The van der Waals surface area contributed by atoms with Gasteiger partial charge in [-0.3, -0.25) is 0 Å². The number of anilines is 1. The van der Waals surface area contributed by atoms with Gasteiger partial charge in [-0.1, -0.05) is 37.8 Å². The summed E-state index contributed by atoms with van der Waals surface area (Å²) in [4.78, 5) is 2.36. The molecule has 0 N–H and O–H groups in total. The number of likely N-dealkylation sites (N-methyl/N-ethyl adjacent to an activating group) is 1. The van der Waals surface area contributed by atoms with Crippen molar-refractivity contribution in [3.8, 4) is 0 Å². The Kier molecular flexibility index (Phi) is 2.86. The van der Waals surface area contributed by atoms with Gasteiger partial charge in [0.2, 0.25) is 0 Å². The summed E-state index contributed by atoms with van der Waals surface area (Å²) in [7, 11) is 2.17. The number of allylic oxidation sites excluding steroid dienone is 2. The lowest BCUT2D eigenvalue weighted by molar-refractivity contribution is 0.626. The minimum atomic E-state index is 0.591. The van der Waals surface area contributed by atoms with Crippen molar-refractivity contribution in [2.45, 2.75) is 25.8 Å². The molecule has 0 fully saturated rings. The quantitative estimate of drug-likeness (QED) is 0.675. The zero-order chi connectivity index (χ0) is 11.7. The largest absolute Gasteiger partial charge is 0.371 e. The van der Waals surface area contributed by atoms with Crippen molar-refractivity contribution in [2.24, 2.45) is 0 Å². The number of fused-ring (bicyclic) bond motifs is 1. The number of nitrogens with zero attached hydrogens (tertiary/aromatic N) is 1. The lowest BCUT2D eigenvalue weighted by Crippen LogP contribution is -2.25. The lowest BCUT2D eigenvalue weighted by Gasteiger charge is -2.20. The Morgan fingerprint density at radius 1 is 1.31 bits per heavy atom. The number of rotatable bonds is 2. The first-order valence-electron chi connectivity index (χ1n) is 5.81. The topological polar surface area (TPSA) is 3.24 Å². The zero-order valence-corrected chi connectivity index (χ0v) is 10.3. The van der Waals surface area contributed by atoms with Crippen LogP contribution in [0.5, 0.6) is 0 Å². The number of hydrogen-bond donors (Lipinski definition) is 0. The summed E-state index contributed by atoms with van der Waals surface area (Å²) in [6.45, 7) is 8.27. The third-order valence-corrected chi connectivity index (χ3v) is 3.68. The van der Waals surface area contributed by atoms with Crippen molar-refractivity contribution in [1.82, 2.24) is 0 Å². The van der Waals surface area contributed by atoms with Crippen LogP contribution in [-0.4, -0.2) is 13.1 Å². The van der Waals surface area contributed by atoms with Crippen molar-refractivity contribution in [1.29, 1.82) is 0 Å². The lowest BCUT2D eigenvalue weighted by atomic mass is 9.96. The monoisotopic (exact) mass is 213 g/mol. The molecule has 0 bridgehead atoms. The van der Waals surface area contributed by atoms with Crippen molar-refractivity contribution < 1.29 is 0 Å². The van der Waals surface area contributed by atoms with Gasteiger partial charge in [-0.05, 0) is 30.2 Å². The maximum atomic E-state index is 3.69. The molecule has 0 aliphatic carbocycles. The van der Waals surface area contributed by atoms with Crippen molar-refractivity contribution in [3.63, 3.8) is 0 Å². The molecule has 0 saturated carbocycles. The minimum Gasteiger partial charge on any atom is -0.371 e. The van der Waals surface area contributed by atoms with E-state index in [0.717, 1.165) is 0 Å². The summed E-state index contributed by atoms with van der Waals surface area (Å²) >= 11 is 0. The van der Waals surface area contributed by atoms with E-state index < -0.39 is 0 Å². The average Bonchev–Trinajstić information content (AvgIpc) is 2.52. The molecule has 0 saturated heterocycles. The molecule has 0 amide bonds. The van der Waals surface area contributed by atoms with E-state index in [1.54, 1.807) is 0 Å². The molecule has 0 spiro atoms. The van der Waals surface area contributed by atoms with Gasteiger partial charge in [0.15, 0.2) is 0 Å². The summed E-state index contributed by atoms with van der Waals surface area (Å²) in [6, 6.07) is 7.27. The molecule has 1 aliphatic heterocycles. The fourth-order valence-corrected chi connectivity index (χ4v) is 2.36. The SMILES string of the molecule is C=C/C=C\c1ccc2c(c1)C(C)C(C)N2C. The molecule has 1 aromatic rings. The van der Waals surface area contributed by atoms with Gasteiger partial charge in [-0.2, -0.15) is 0 Å². The normalized spacial score (nSPS) is 23.8. The summed E-state index contributed by atoms with van der Waals surface area (Å²) < 4.78 is 0. The maximum absolute atomic E-state index is 3.69. The van der Waals surface area contributed by atoms with Crippen LogP contribution in [0.15, 0.2) is 36.9 Å². The predicted molar refractivity (Wildman–Crippen MR) is 72.0 cm³/mol. The van der Waals surface area contributed by atoms with E-state index in [1.807, 2.05) is 12.2 Å². The fourth-order valence-electron chi connectivity index (χ4n) is 2.36. The Bertz CT molecular complexity index is 431. The Morgan fingerprint density at radius 2 is 2.06 bits per heavy atom. The molecule has 2 rings (SSSR count). The fraction of sp³-hybridized carbons (Fsp3) is 0.333. The van der Waals surface area contributed by atoms with Gasteiger partial charge in [0.25, 0.3) is 0 Å². The zero-order valence-electron chi connectivity index (χ0n) is 10.3. The van der Waals surface area contributed by atoms with E-state index in [9.17, 15) is 0 Å². The highest BCUT2D eigenvalue weighted by Gasteiger charge is 2.29. The molecule has 16 heavy (non-hydrogen) atoms. The molecular formula is C15H19N. The average molecular weight is 213 g/mol. The molecule has 1 aliphatic rings. The molecule has 1 heteroatoms. The number of hydrogen-bond acceptors (Lipinski definition) is 1. The number of benzene rings is 1. The third-order valence-electron chi connectivity index (χ3n) is 3.68. The van der Waals surface area contributed by atoms with Crippen LogP contribution in [0.1, 0.15) is 30.9 Å². The van der Waals surface area contributed by atoms with Crippen LogP contribution in [0.4, 0.5) is 5.69 Å². The maximum Gasteiger partial charge on any atom is 0.0402 e. The molecule has 1 aromatic carbocycles. The van der Waals surface area contributed by atoms with E-state index in [2.05, 4.69) is 56.6 Å². The molecule has 84 valence electrons. The second kappa shape index (κ2) is 4.17. The molecule has 2 atom stereocenters. The minimum absolute atomic E-state index is 0.591. The van der Waals surface area contributed by atoms with Crippen molar-refractivity contribution in [2.75, 3.05) is 11.9 Å². The van der Waals surface area contributed by atoms with Crippen LogP contribution in [-0.2, 0) is 0 Å². The van der Waals surface area contributed by atoms with Crippen LogP contribution >= 0.6 is 0 Å². The molecule has 0 aromatic heterocycles. The van der Waals surface area contributed by atoms with Gasteiger partial charge >= 0.3 is 0 Å². The van der Waals surface area contributed by atoms with Crippen molar-refractivity contribution in [3.05, 3.63) is 48.1 Å². The first-order chi connectivity index (χ1) is 7.65. The van der Waals surface area contributed by atoms with Crippen LogP contribution < -0.4 is 4.90 Å². The van der Waals surface area contributed by atoms with Crippen LogP contribution in [0.3, 0.4) is 0 Å². The van der Waals surface area contributed by atoms with E-state index in [0.29, 0.717) is 12.0 Å². The predicted octanol–water partition coefficient (Wildman–Crippen LogP) is 3.83. The van der Waals surface area contributed by atoms with Gasteiger partial charge in [-0.25, -0.2) is 0 Å². The van der Waals surface area contributed by atoms with Gasteiger partial charge in [0.1, 0.15) is 0 Å². The summed E-state index contributed by atoms with van der Waals surface area (Å²) in [6.07, 6.45) is 5.89. The highest BCUT2D eigenvalue weighted by atomic mass is 15.2. The second-order valence-corrected chi connectivity index (χ2v) is 4.55. The highest BCUT2D eigenvalue weighted by Crippen LogP contribution is 2.39. The van der Waals surface area contributed by atoms with Crippen LogP contribution in [0, 0.1) is 0 Å². The van der Waals surface area contributed by atoms with E-state index >= 15 is 0 Å². The van der Waals surface area contributed by atoms with E-state index in [-0.39, 0.29) is 0 Å². The van der Waals surface area contributed by atoms with E-state index in [4.69, 9.17) is 0 Å². The third kappa shape index (κ3) is 1.67. The van der Waals surface area contributed by atoms with Crippen molar-refractivity contribution >= 4 is 11.8 Å². The molecule has 2 unspecified atom stereocenters. The Balaban J connectivity index is 2.41. The first kappa shape index (κ1) is 11.0. The second-order valence-electron chi connectivity index (χ2n) is 4.55. The summed E-state index contributed by atoms with van der Waals surface area (Å²) in [5.74, 6) is 0.608. The molecule has 1 heterocycles. The standard InChI is InChI=1S/C15H19N/c1-5-6-7-13-8-9-15-14(10-13)11(2)12(3)16(15)4/h5-12H,1H2,2-4H3/b7-6-. The van der Waals surface area contributed by atoms with Crippen LogP contribution in [0.25, 0.3) is 6.08 Å².